The summed E-state index contributed by atoms with van der Waals surface area (Å²) >= 11 is 5.40. The van der Waals surface area contributed by atoms with Crippen LogP contribution in [0.15, 0.2) is 0 Å². The van der Waals surface area contributed by atoms with Gasteiger partial charge in [0, 0.05) is 0 Å². The Labute approximate surface area is 130 Å². The molecule has 0 aliphatic heterocycles. The Bertz CT molecular complexity index is 171. The summed E-state index contributed by atoms with van der Waals surface area (Å²) in [7, 11) is 12.2. The molecule has 0 saturated carbocycles. The maximum Gasteiger partial charge on any atom is 0.116 e. The summed E-state index contributed by atoms with van der Waals surface area (Å²) in [6.07, 6.45) is -0.369. The zero-order chi connectivity index (χ0) is 13.4. The number of halogens is 3. The van der Waals surface area contributed by atoms with Gasteiger partial charge in [0.05, 0.1) is 54.8 Å². The fourth-order valence-electron chi connectivity index (χ4n) is 0.981. The Morgan fingerprint density at radius 1 is 0.944 bits per heavy atom. The van der Waals surface area contributed by atoms with Gasteiger partial charge in [0.15, 0.2) is 0 Å². The van der Waals surface area contributed by atoms with Gasteiger partial charge >= 0.3 is 0 Å². The van der Waals surface area contributed by atoms with Crippen molar-refractivity contribution in [1.29, 1.82) is 0 Å². The normalized spacial score (nSPS) is 12.5. The molecule has 0 fully saturated rings. The topological polar surface area (TPSA) is 40.5 Å². The third-order valence-corrected chi connectivity index (χ3v) is 2.06. The molecule has 0 aromatic carbocycles. The standard InChI is InChI=1S/C6H15ClNO.C5H14NO.2ClH/c1-8(2,3)5-6(9)4-7;1-6(2,3)4-5-7;;/h6,9H,4-5H2,1-3H3;7H,4-5H2,1-3H3;2*1H/q2*+1;;/p-2. The SMILES string of the molecule is C[N+](C)(C)CC(O)CCl.C[N+](C)(C)CCO.[Cl-].[Cl-]. The van der Waals surface area contributed by atoms with Crippen molar-refractivity contribution in [1.82, 2.24) is 0 Å². The first-order valence-corrected chi connectivity index (χ1v) is 6.01. The van der Waals surface area contributed by atoms with Crippen LogP contribution < -0.4 is 24.8 Å². The van der Waals surface area contributed by atoms with E-state index < -0.39 is 0 Å². The van der Waals surface area contributed by atoms with Gasteiger partial charge < -0.3 is 44.0 Å². The summed E-state index contributed by atoms with van der Waals surface area (Å²) in [4.78, 5) is 0. The predicted octanol–water partition coefficient (Wildman–Crippen LogP) is -6.01. The Morgan fingerprint density at radius 3 is 1.39 bits per heavy atom. The fourth-order valence-corrected chi connectivity index (χ4v) is 1.08. The van der Waals surface area contributed by atoms with Crippen LogP contribution in [0.2, 0.25) is 0 Å². The second kappa shape index (κ2) is 12.7. The number of likely N-dealkylation sites (N-methyl/N-ethyl adjacent to an activating group) is 2. The van der Waals surface area contributed by atoms with E-state index in [1.54, 1.807) is 0 Å². The summed E-state index contributed by atoms with van der Waals surface area (Å²) in [5.74, 6) is 0.329. The van der Waals surface area contributed by atoms with Crippen LogP contribution in [0.25, 0.3) is 0 Å². The second-order valence-electron chi connectivity index (χ2n) is 6.02. The van der Waals surface area contributed by atoms with Gasteiger partial charge in [-0.3, -0.25) is 0 Å². The molecule has 0 amide bonds. The number of aliphatic hydroxyl groups excluding tert-OH is 2. The molecule has 0 saturated heterocycles. The molecule has 0 aliphatic carbocycles. The molecule has 18 heavy (non-hydrogen) atoms. The maximum absolute atomic E-state index is 9.05. The molecule has 0 aliphatic rings. The molecule has 1 atom stereocenters. The van der Waals surface area contributed by atoms with Gasteiger partial charge in [-0.25, -0.2) is 0 Å². The Morgan fingerprint density at radius 2 is 1.33 bits per heavy atom. The molecule has 4 nitrogen and oxygen atoms in total. The van der Waals surface area contributed by atoms with E-state index in [0.717, 1.165) is 15.5 Å². The van der Waals surface area contributed by atoms with Gasteiger partial charge in [-0.05, 0) is 0 Å². The Hall–Kier alpha value is 0.710. The van der Waals surface area contributed by atoms with Gasteiger partial charge in [0.25, 0.3) is 0 Å². The molecule has 0 bridgehead atoms. The Kier molecular flexibility index (Phi) is 19.2. The van der Waals surface area contributed by atoms with E-state index in [9.17, 15) is 0 Å². The van der Waals surface area contributed by atoms with Crippen LogP contribution in [0, 0.1) is 0 Å². The molecule has 0 radical (unpaired) electrons. The molecule has 116 valence electrons. The van der Waals surface area contributed by atoms with E-state index in [1.165, 1.54) is 0 Å². The van der Waals surface area contributed by atoms with E-state index in [-0.39, 0.29) is 37.5 Å². The molecule has 0 spiro atoms. The summed E-state index contributed by atoms with van der Waals surface area (Å²) in [5, 5.41) is 17.4. The zero-order valence-corrected chi connectivity index (χ0v) is 14.6. The average molecular weight is 328 g/mol. The highest BCUT2D eigenvalue weighted by Crippen LogP contribution is 1.95. The van der Waals surface area contributed by atoms with E-state index in [4.69, 9.17) is 21.8 Å². The summed E-state index contributed by atoms with van der Waals surface area (Å²) < 4.78 is 1.60. The highest BCUT2D eigenvalue weighted by molar-refractivity contribution is 6.18. The number of hydrogen-bond donors (Lipinski definition) is 2. The van der Waals surface area contributed by atoms with Crippen LogP contribution in [0.1, 0.15) is 0 Å². The van der Waals surface area contributed by atoms with Crippen molar-refractivity contribution >= 4 is 11.6 Å². The van der Waals surface area contributed by atoms with E-state index in [2.05, 4.69) is 21.1 Å². The number of aliphatic hydroxyl groups is 2. The number of hydrogen-bond acceptors (Lipinski definition) is 2. The number of alkyl halides is 1. The van der Waals surface area contributed by atoms with E-state index in [1.807, 2.05) is 21.1 Å². The van der Waals surface area contributed by atoms with Gasteiger partial charge in [-0.15, -0.1) is 11.6 Å². The fraction of sp³-hybridized carbons (Fsp3) is 1.00. The van der Waals surface area contributed by atoms with Crippen molar-refractivity contribution in [3.05, 3.63) is 0 Å². The van der Waals surface area contributed by atoms with Crippen molar-refractivity contribution in [3.8, 4) is 0 Å². The molecule has 0 heterocycles. The third-order valence-electron chi connectivity index (χ3n) is 1.71. The van der Waals surface area contributed by atoms with Gasteiger partial charge in [-0.2, -0.15) is 0 Å². The van der Waals surface area contributed by atoms with Crippen LogP contribution in [-0.4, -0.2) is 93.1 Å². The first-order valence-electron chi connectivity index (χ1n) is 5.47. The molecular formula is C11H29Cl3N2O2. The summed E-state index contributed by atoms with van der Waals surface area (Å²) in [6, 6.07) is 0. The number of quaternary nitrogens is 2. The number of nitrogens with zero attached hydrogens (tertiary/aromatic N) is 2. The molecule has 2 N–H and O–H groups in total. The highest BCUT2D eigenvalue weighted by Gasteiger charge is 2.13. The van der Waals surface area contributed by atoms with Crippen molar-refractivity contribution in [2.75, 3.05) is 67.9 Å². The van der Waals surface area contributed by atoms with Crippen molar-refractivity contribution in [2.24, 2.45) is 0 Å². The van der Waals surface area contributed by atoms with Crippen LogP contribution in [-0.2, 0) is 0 Å². The number of rotatable bonds is 5. The van der Waals surface area contributed by atoms with Gasteiger partial charge in [0.2, 0.25) is 0 Å². The minimum absolute atomic E-state index is 0. The monoisotopic (exact) mass is 326 g/mol. The van der Waals surface area contributed by atoms with Crippen LogP contribution in [0.4, 0.5) is 0 Å². The smallest absolute Gasteiger partial charge is 0.116 e. The average Bonchev–Trinajstić information content (AvgIpc) is 1.99. The maximum atomic E-state index is 9.05. The van der Waals surface area contributed by atoms with Crippen molar-refractivity contribution in [2.45, 2.75) is 6.10 Å². The third kappa shape index (κ3) is 30.1. The lowest BCUT2D eigenvalue weighted by Gasteiger charge is -2.25. The minimum atomic E-state index is -0.369. The lowest BCUT2D eigenvalue weighted by Crippen LogP contribution is -3.00. The first-order chi connectivity index (χ1) is 7.02. The molecule has 0 aromatic rings. The van der Waals surface area contributed by atoms with E-state index in [0.29, 0.717) is 12.4 Å². The van der Waals surface area contributed by atoms with E-state index >= 15 is 0 Å². The van der Waals surface area contributed by atoms with Crippen LogP contribution >= 0.6 is 11.6 Å². The Balaban J connectivity index is -0.000000100. The van der Waals surface area contributed by atoms with Crippen molar-refractivity contribution < 1.29 is 44.0 Å². The first kappa shape index (κ1) is 27.1. The lowest BCUT2D eigenvalue weighted by atomic mass is 10.3. The lowest BCUT2D eigenvalue weighted by molar-refractivity contribution is -0.873. The summed E-state index contributed by atoms with van der Waals surface area (Å²) in [5.41, 5.74) is 0. The quantitative estimate of drug-likeness (QED) is 0.390. The van der Waals surface area contributed by atoms with Crippen molar-refractivity contribution in [3.63, 3.8) is 0 Å². The largest absolute Gasteiger partial charge is 1.00 e. The molecule has 0 rings (SSSR count). The van der Waals surface area contributed by atoms with Crippen LogP contribution in [0.5, 0.6) is 0 Å². The predicted molar refractivity (Wildman–Crippen MR) is 69.6 cm³/mol. The molecular weight excluding hydrogens is 298 g/mol. The minimum Gasteiger partial charge on any atom is -1.00 e. The zero-order valence-electron chi connectivity index (χ0n) is 12.3. The molecule has 0 aromatic heterocycles. The highest BCUT2D eigenvalue weighted by atomic mass is 35.5. The van der Waals surface area contributed by atoms with Gasteiger partial charge in [-0.1, -0.05) is 0 Å². The summed E-state index contributed by atoms with van der Waals surface area (Å²) in [6.45, 7) is 1.83. The van der Waals surface area contributed by atoms with Gasteiger partial charge in [0.1, 0.15) is 19.2 Å². The van der Waals surface area contributed by atoms with Crippen LogP contribution in [0.3, 0.4) is 0 Å². The molecule has 1 unspecified atom stereocenters. The molecule has 7 heteroatoms. The second-order valence-corrected chi connectivity index (χ2v) is 6.33.